The molecule has 108 valence electrons. The van der Waals surface area contributed by atoms with Gasteiger partial charge in [0.2, 0.25) is 0 Å². The Morgan fingerprint density at radius 3 is 2.00 bits per heavy atom. The Morgan fingerprint density at radius 2 is 1.45 bits per heavy atom. The smallest absolute Gasteiger partial charge is 1.00 e. The minimum atomic E-state index is 0. The predicted molar refractivity (Wildman–Crippen MR) is 83.7 cm³/mol. The van der Waals surface area contributed by atoms with Crippen molar-refractivity contribution in [2.75, 3.05) is 20.6 Å². The highest BCUT2D eigenvalue weighted by atomic mass is 35.5. The minimum absolute atomic E-state index is 0. The molecule has 0 aliphatic heterocycles. The number of halogens is 1. The van der Waals surface area contributed by atoms with Gasteiger partial charge in [-0.05, 0) is 45.1 Å². The summed E-state index contributed by atoms with van der Waals surface area (Å²) in [6.07, 6.45) is 1.15. The lowest BCUT2D eigenvalue weighted by atomic mass is 9.88. The van der Waals surface area contributed by atoms with E-state index in [0.29, 0.717) is 5.92 Å². The average Bonchev–Trinajstić information content (AvgIpc) is 2.42. The zero-order valence-electron chi connectivity index (χ0n) is 13.5. The van der Waals surface area contributed by atoms with Crippen LogP contribution in [0.15, 0.2) is 54.6 Å². The van der Waals surface area contributed by atoms with Crippen LogP contribution in [0.2, 0.25) is 0 Å². The van der Waals surface area contributed by atoms with E-state index in [2.05, 4.69) is 80.5 Å². The lowest BCUT2D eigenvalue weighted by Gasteiger charge is -2.20. The van der Waals surface area contributed by atoms with Crippen molar-refractivity contribution in [3.8, 4) is 0 Å². The summed E-state index contributed by atoms with van der Waals surface area (Å²) < 4.78 is 0. The van der Waals surface area contributed by atoms with Gasteiger partial charge in [-0.2, -0.15) is 0 Å². The van der Waals surface area contributed by atoms with Crippen LogP contribution in [0.1, 0.15) is 30.5 Å². The van der Waals surface area contributed by atoms with E-state index in [4.69, 9.17) is 0 Å². The van der Waals surface area contributed by atoms with E-state index < -0.39 is 0 Å². The van der Waals surface area contributed by atoms with E-state index in [1.54, 1.807) is 0 Å². The van der Waals surface area contributed by atoms with Crippen LogP contribution in [0.4, 0.5) is 0 Å². The molecule has 0 bridgehead atoms. The average molecular weight is 290 g/mol. The lowest BCUT2D eigenvalue weighted by molar-refractivity contribution is -0.00000403. The summed E-state index contributed by atoms with van der Waals surface area (Å²) in [5, 5.41) is 0. The molecule has 0 N–H and O–H groups in total. The van der Waals surface area contributed by atoms with Gasteiger partial charge in [0.25, 0.3) is 0 Å². The third-order valence-electron chi connectivity index (χ3n) is 3.55. The van der Waals surface area contributed by atoms with Gasteiger partial charge in [0.1, 0.15) is 0 Å². The quantitative estimate of drug-likeness (QED) is 0.799. The third-order valence-corrected chi connectivity index (χ3v) is 3.55. The Kier molecular flexibility index (Phi) is 6.77. The molecule has 0 aliphatic carbocycles. The molecule has 2 rings (SSSR count). The highest BCUT2D eigenvalue weighted by Gasteiger charge is 2.13. The molecular formula is C18H24ClN. The second kappa shape index (κ2) is 8.08. The maximum atomic E-state index is 2.27. The molecule has 0 aliphatic rings. The maximum Gasteiger partial charge on any atom is 1.00 e. The van der Waals surface area contributed by atoms with Gasteiger partial charge in [-0.25, -0.2) is 0 Å². The lowest BCUT2D eigenvalue weighted by Crippen LogP contribution is -3.00. The van der Waals surface area contributed by atoms with E-state index >= 15 is 0 Å². The van der Waals surface area contributed by atoms with Gasteiger partial charge in [-0.1, -0.05) is 60.2 Å². The van der Waals surface area contributed by atoms with Crippen molar-refractivity contribution in [3.05, 3.63) is 71.3 Å². The van der Waals surface area contributed by atoms with Crippen LogP contribution in [0.3, 0.4) is 0 Å². The second-order valence-corrected chi connectivity index (χ2v) is 5.47. The molecule has 0 aromatic heterocycles. The summed E-state index contributed by atoms with van der Waals surface area (Å²) >= 11 is 0. The van der Waals surface area contributed by atoms with Crippen molar-refractivity contribution in [2.24, 2.45) is 0 Å². The molecule has 0 radical (unpaired) electrons. The first-order valence-corrected chi connectivity index (χ1v) is 6.93. The summed E-state index contributed by atoms with van der Waals surface area (Å²) in [6.45, 7) is 3.24. The molecule has 0 saturated carbocycles. The van der Waals surface area contributed by atoms with Crippen molar-refractivity contribution in [2.45, 2.75) is 19.3 Å². The Morgan fingerprint density at radius 1 is 0.900 bits per heavy atom. The Labute approximate surface area is 130 Å². The molecule has 1 unspecified atom stereocenters. The number of nitrogens with zero attached hydrogens (tertiary/aromatic N) is 1. The van der Waals surface area contributed by atoms with Crippen molar-refractivity contribution in [3.63, 3.8) is 0 Å². The predicted octanol–water partition coefficient (Wildman–Crippen LogP) is 1.20. The molecule has 0 fully saturated rings. The molecule has 2 heteroatoms. The third kappa shape index (κ3) is 4.66. The molecule has 0 amide bonds. The van der Waals surface area contributed by atoms with Crippen molar-refractivity contribution in [1.82, 2.24) is 4.90 Å². The fourth-order valence-electron chi connectivity index (χ4n) is 2.40. The first kappa shape index (κ1) is 16.7. The van der Waals surface area contributed by atoms with E-state index in [1.165, 1.54) is 16.7 Å². The van der Waals surface area contributed by atoms with E-state index in [0.717, 1.165) is 13.0 Å². The van der Waals surface area contributed by atoms with Crippen LogP contribution >= 0.6 is 0 Å². The summed E-state index contributed by atoms with van der Waals surface area (Å²) in [4.78, 5) is 2.25. The van der Waals surface area contributed by atoms with E-state index in [-0.39, 0.29) is 13.8 Å². The highest BCUT2D eigenvalue weighted by Crippen LogP contribution is 2.28. The van der Waals surface area contributed by atoms with Crippen LogP contribution in [0.25, 0.3) is 0 Å². The van der Waals surface area contributed by atoms with Crippen LogP contribution in [0.5, 0.6) is 0 Å². The van der Waals surface area contributed by atoms with Crippen LogP contribution in [0, 0.1) is 6.92 Å². The van der Waals surface area contributed by atoms with Gasteiger partial charge in [0.15, 0.2) is 0 Å². The highest BCUT2D eigenvalue weighted by molar-refractivity contribution is 5.33. The van der Waals surface area contributed by atoms with Crippen LogP contribution < -0.4 is 12.4 Å². The Hall–Kier alpha value is -1.31. The number of hydrogen-bond donors (Lipinski definition) is 0. The normalized spacial score (nSPS) is 12.0. The molecule has 20 heavy (non-hydrogen) atoms. The summed E-state index contributed by atoms with van der Waals surface area (Å²) in [7, 11) is 4.27. The fourth-order valence-corrected chi connectivity index (χ4v) is 2.40. The van der Waals surface area contributed by atoms with Crippen molar-refractivity contribution < 1.29 is 13.8 Å². The van der Waals surface area contributed by atoms with E-state index in [1.807, 2.05) is 0 Å². The Bertz CT molecular complexity index is 496. The molecule has 1 nitrogen and oxygen atoms in total. The van der Waals surface area contributed by atoms with Gasteiger partial charge in [-0.3, -0.25) is 0 Å². The van der Waals surface area contributed by atoms with Crippen molar-refractivity contribution >= 4 is 0 Å². The summed E-state index contributed by atoms with van der Waals surface area (Å²) in [5.41, 5.74) is 4.15. The van der Waals surface area contributed by atoms with Crippen LogP contribution in [-0.2, 0) is 0 Å². The fraction of sp³-hybridized carbons (Fsp3) is 0.333. The second-order valence-electron chi connectivity index (χ2n) is 5.47. The van der Waals surface area contributed by atoms with Gasteiger partial charge in [0.05, 0.1) is 0 Å². The first-order valence-electron chi connectivity index (χ1n) is 6.93. The SMILES string of the molecule is Cc1ccc(C(CCN(C)C)c2ccccc2)cc1.[Cl-].[H+]. The molecule has 0 heterocycles. The molecule has 1 atom stereocenters. The molecule has 2 aromatic rings. The molecule has 2 aromatic carbocycles. The number of rotatable bonds is 5. The number of hydrogen-bond acceptors (Lipinski definition) is 1. The van der Waals surface area contributed by atoms with Gasteiger partial charge >= 0.3 is 1.43 Å². The molecule has 0 spiro atoms. The first-order chi connectivity index (χ1) is 9.16. The van der Waals surface area contributed by atoms with Gasteiger partial charge in [0, 0.05) is 5.92 Å². The summed E-state index contributed by atoms with van der Waals surface area (Å²) in [6, 6.07) is 19.8. The zero-order chi connectivity index (χ0) is 13.7. The minimum Gasteiger partial charge on any atom is -1.00 e. The number of benzene rings is 2. The summed E-state index contributed by atoms with van der Waals surface area (Å²) in [5.74, 6) is 0.490. The topological polar surface area (TPSA) is 3.24 Å². The maximum absolute atomic E-state index is 2.27. The van der Waals surface area contributed by atoms with Crippen molar-refractivity contribution in [1.29, 1.82) is 0 Å². The molecular weight excluding hydrogens is 266 g/mol. The van der Waals surface area contributed by atoms with Gasteiger partial charge in [-0.15, -0.1) is 0 Å². The van der Waals surface area contributed by atoms with Crippen LogP contribution in [-0.4, -0.2) is 25.5 Å². The largest absolute Gasteiger partial charge is 1.00 e. The van der Waals surface area contributed by atoms with E-state index in [9.17, 15) is 0 Å². The Balaban J connectivity index is 0.00000200. The zero-order valence-corrected chi connectivity index (χ0v) is 13.3. The standard InChI is InChI=1S/C18H23N.ClH/c1-15-9-11-17(12-10-15)18(13-14-19(2)3)16-7-5-4-6-8-16;/h4-12,18H,13-14H2,1-3H3;1H. The number of aryl methyl sites for hydroxylation is 1. The molecule has 0 saturated heterocycles. The van der Waals surface area contributed by atoms with Gasteiger partial charge < -0.3 is 17.3 Å². The monoisotopic (exact) mass is 289 g/mol.